The number of ether oxygens (including phenoxy) is 1. The van der Waals surface area contributed by atoms with Gasteiger partial charge in [-0.15, -0.1) is 0 Å². The van der Waals surface area contributed by atoms with Gasteiger partial charge in [-0.25, -0.2) is 0 Å². The largest absolute Gasteiger partial charge is 0.493 e. The fraction of sp³-hybridized carbons (Fsp3) is 0.588. The molecule has 0 bridgehead atoms. The van der Waals surface area contributed by atoms with Gasteiger partial charge < -0.3 is 10.1 Å². The molecule has 1 rings (SSSR count). The summed E-state index contributed by atoms with van der Waals surface area (Å²) in [6.07, 6.45) is 3.53. The Morgan fingerprint density at radius 2 is 1.87 bits per heavy atom. The third-order valence-electron chi connectivity index (χ3n) is 3.47. The van der Waals surface area contributed by atoms with Crippen LogP contribution in [-0.4, -0.2) is 23.5 Å². The maximum Gasteiger partial charge on any atom is 0.269 e. The third-order valence-corrected chi connectivity index (χ3v) is 3.47. The van der Waals surface area contributed by atoms with Crippen LogP contribution in [0.15, 0.2) is 24.3 Å². The standard InChI is InChI=1S/C17H26N2O4/c1-13(2)5-4-6-14(3)18-17(20)11-12-23-16-9-7-15(8-10-16)19(21)22/h7-10,13-14H,4-6,11-12H2,1-3H3,(H,18,20). The first-order chi connectivity index (χ1) is 10.9. The summed E-state index contributed by atoms with van der Waals surface area (Å²) in [4.78, 5) is 21.9. The summed E-state index contributed by atoms with van der Waals surface area (Å²) in [6.45, 7) is 6.65. The molecule has 1 unspecified atom stereocenters. The summed E-state index contributed by atoms with van der Waals surface area (Å²) in [5.41, 5.74) is 0.0188. The molecule has 0 aliphatic heterocycles. The summed E-state index contributed by atoms with van der Waals surface area (Å²) < 4.78 is 5.42. The quantitative estimate of drug-likeness (QED) is 0.526. The van der Waals surface area contributed by atoms with Gasteiger partial charge in [-0.05, 0) is 31.4 Å². The molecular formula is C17H26N2O4. The fourth-order valence-corrected chi connectivity index (χ4v) is 2.18. The molecule has 0 saturated heterocycles. The monoisotopic (exact) mass is 322 g/mol. The number of rotatable bonds is 10. The Hall–Kier alpha value is -2.11. The summed E-state index contributed by atoms with van der Waals surface area (Å²) in [6, 6.07) is 5.99. The van der Waals surface area contributed by atoms with Crippen LogP contribution < -0.4 is 10.1 Å². The highest BCUT2D eigenvalue weighted by Gasteiger charge is 2.09. The molecule has 0 saturated carbocycles. The number of nitrogens with one attached hydrogen (secondary N) is 1. The topological polar surface area (TPSA) is 81.5 Å². The van der Waals surface area contributed by atoms with E-state index in [0.29, 0.717) is 11.7 Å². The van der Waals surface area contributed by atoms with Gasteiger partial charge in [0, 0.05) is 18.2 Å². The number of carbonyl (C=O) groups excluding carboxylic acids is 1. The average Bonchev–Trinajstić information content (AvgIpc) is 2.47. The lowest BCUT2D eigenvalue weighted by Crippen LogP contribution is -2.33. The lowest BCUT2D eigenvalue weighted by atomic mass is 10.0. The number of non-ortho nitro benzene ring substituents is 1. The molecule has 23 heavy (non-hydrogen) atoms. The second kappa shape index (κ2) is 9.82. The minimum atomic E-state index is -0.460. The minimum Gasteiger partial charge on any atom is -0.493 e. The van der Waals surface area contributed by atoms with Gasteiger partial charge in [0.25, 0.3) is 5.69 Å². The van der Waals surface area contributed by atoms with E-state index in [0.717, 1.165) is 12.8 Å². The third kappa shape index (κ3) is 8.18. The fourth-order valence-electron chi connectivity index (χ4n) is 2.18. The molecule has 1 N–H and O–H groups in total. The molecule has 128 valence electrons. The van der Waals surface area contributed by atoms with E-state index in [1.54, 1.807) is 0 Å². The van der Waals surface area contributed by atoms with Crippen LogP contribution in [0, 0.1) is 16.0 Å². The number of amides is 1. The lowest BCUT2D eigenvalue weighted by Gasteiger charge is -2.14. The molecule has 1 atom stereocenters. The zero-order chi connectivity index (χ0) is 17.2. The zero-order valence-corrected chi connectivity index (χ0v) is 14.1. The first kappa shape index (κ1) is 18.9. The van der Waals surface area contributed by atoms with E-state index >= 15 is 0 Å². The molecule has 0 fully saturated rings. The van der Waals surface area contributed by atoms with Crippen LogP contribution in [0.4, 0.5) is 5.69 Å². The van der Waals surface area contributed by atoms with Crippen molar-refractivity contribution >= 4 is 11.6 Å². The molecule has 0 aromatic heterocycles. The SMILES string of the molecule is CC(C)CCCC(C)NC(=O)CCOc1ccc([N+](=O)[O-])cc1. The van der Waals surface area contributed by atoms with E-state index in [9.17, 15) is 14.9 Å². The smallest absolute Gasteiger partial charge is 0.269 e. The predicted molar refractivity (Wildman–Crippen MR) is 89.5 cm³/mol. The Morgan fingerprint density at radius 1 is 1.22 bits per heavy atom. The van der Waals surface area contributed by atoms with Gasteiger partial charge in [0.05, 0.1) is 18.0 Å². The van der Waals surface area contributed by atoms with Crippen molar-refractivity contribution in [2.45, 2.75) is 52.5 Å². The number of benzene rings is 1. The summed E-state index contributed by atoms with van der Waals surface area (Å²) in [5, 5.41) is 13.5. The predicted octanol–water partition coefficient (Wildman–Crippen LogP) is 3.69. The summed E-state index contributed by atoms with van der Waals surface area (Å²) >= 11 is 0. The van der Waals surface area contributed by atoms with Crippen molar-refractivity contribution in [3.05, 3.63) is 34.4 Å². The Bertz CT molecular complexity index is 500. The molecule has 1 amide bonds. The van der Waals surface area contributed by atoms with Crippen LogP contribution >= 0.6 is 0 Å². The van der Waals surface area contributed by atoms with Gasteiger partial charge in [0.2, 0.25) is 5.91 Å². The first-order valence-corrected chi connectivity index (χ1v) is 8.05. The average molecular weight is 322 g/mol. The van der Waals surface area contributed by atoms with Crippen molar-refractivity contribution in [3.8, 4) is 5.75 Å². The number of nitrogens with zero attached hydrogens (tertiary/aromatic N) is 1. The van der Waals surface area contributed by atoms with Crippen LogP contribution in [0.25, 0.3) is 0 Å². The van der Waals surface area contributed by atoms with Gasteiger partial charge in [0.15, 0.2) is 0 Å². The number of carbonyl (C=O) groups is 1. The maximum atomic E-state index is 11.8. The maximum absolute atomic E-state index is 11.8. The van der Waals surface area contributed by atoms with Crippen molar-refractivity contribution in [2.75, 3.05) is 6.61 Å². The second-order valence-electron chi connectivity index (χ2n) is 6.14. The number of nitro benzene ring substituents is 1. The number of hydrogen-bond acceptors (Lipinski definition) is 4. The normalized spacial score (nSPS) is 12.0. The van der Waals surface area contributed by atoms with E-state index in [1.807, 2.05) is 6.92 Å². The van der Waals surface area contributed by atoms with Gasteiger partial charge in [-0.2, -0.15) is 0 Å². The molecule has 0 radical (unpaired) electrons. The van der Waals surface area contributed by atoms with E-state index in [1.165, 1.54) is 30.7 Å². The van der Waals surface area contributed by atoms with Gasteiger partial charge >= 0.3 is 0 Å². The van der Waals surface area contributed by atoms with E-state index in [-0.39, 0.29) is 30.7 Å². The van der Waals surface area contributed by atoms with Crippen molar-refractivity contribution in [1.82, 2.24) is 5.32 Å². The van der Waals surface area contributed by atoms with Crippen molar-refractivity contribution in [1.29, 1.82) is 0 Å². The molecule has 1 aromatic rings. The molecule has 6 nitrogen and oxygen atoms in total. The highest BCUT2D eigenvalue weighted by atomic mass is 16.6. The van der Waals surface area contributed by atoms with E-state index in [2.05, 4.69) is 19.2 Å². The van der Waals surface area contributed by atoms with Crippen molar-refractivity contribution in [3.63, 3.8) is 0 Å². The molecule has 0 aliphatic rings. The zero-order valence-electron chi connectivity index (χ0n) is 14.1. The summed E-state index contributed by atoms with van der Waals surface area (Å²) in [7, 11) is 0. The van der Waals surface area contributed by atoms with Crippen LogP contribution in [-0.2, 0) is 4.79 Å². The first-order valence-electron chi connectivity index (χ1n) is 8.05. The van der Waals surface area contributed by atoms with Crippen molar-refractivity contribution < 1.29 is 14.5 Å². The molecule has 1 aromatic carbocycles. The highest BCUT2D eigenvalue weighted by Crippen LogP contribution is 2.17. The van der Waals surface area contributed by atoms with Crippen LogP contribution in [0.2, 0.25) is 0 Å². The lowest BCUT2D eigenvalue weighted by molar-refractivity contribution is -0.384. The van der Waals surface area contributed by atoms with Crippen molar-refractivity contribution in [2.24, 2.45) is 5.92 Å². The Kier molecular flexibility index (Phi) is 8.08. The Morgan fingerprint density at radius 3 is 2.43 bits per heavy atom. The Labute approximate surface area is 137 Å². The number of hydrogen-bond donors (Lipinski definition) is 1. The van der Waals surface area contributed by atoms with E-state index < -0.39 is 4.92 Å². The van der Waals surface area contributed by atoms with Gasteiger partial charge in [-0.3, -0.25) is 14.9 Å². The molecular weight excluding hydrogens is 296 g/mol. The molecule has 0 spiro atoms. The number of nitro groups is 1. The van der Waals surface area contributed by atoms with Gasteiger partial charge in [0.1, 0.15) is 5.75 Å². The molecule has 0 aliphatic carbocycles. The van der Waals surface area contributed by atoms with Crippen LogP contribution in [0.1, 0.15) is 46.5 Å². The van der Waals surface area contributed by atoms with Crippen LogP contribution in [0.5, 0.6) is 5.75 Å². The molecule has 6 heteroatoms. The Balaban J connectivity index is 2.21. The highest BCUT2D eigenvalue weighted by molar-refractivity contribution is 5.76. The second-order valence-corrected chi connectivity index (χ2v) is 6.14. The summed E-state index contributed by atoms with van der Waals surface area (Å²) in [5.74, 6) is 1.17. The molecule has 0 heterocycles. The minimum absolute atomic E-state index is 0.0188. The van der Waals surface area contributed by atoms with Crippen LogP contribution in [0.3, 0.4) is 0 Å². The van der Waals surface area contributed by atoms with E-state index in [4.69, 9.17) is 4.74 Å². The van der Waals surface area contributed by atoms with Gasteiger partial charge in [-0.1, -0.05) is 26.7 Å².